The van der Waals surface area contributed by atoms with Crippen LogP contribution in [0.4, 0.5) is 17.6 Å². The van der Waals surface area contributed by atoms with E-state index in [0.29, 0.717) is 0 Å². The Bertz CT molecular complexity index is 302. The van der Waals surface area contributed by atoms with E-state index in [1.807, 2.05) is 25.7 Å². The van der Waals surface area contributed by atoms with Crippen molar-refractivity contribution in [3.8, 4) is 0 Å². The number of nitrogens with one attached hydrogen (secondary N) is 3. The predicted molar refractivity (Wildman–Crippen MR) is 57.3 cm³/mol. The maximum atomic E-state index is 4.30. The Morgan fingerprint density at radius 1 is 1.23 bits per heavy atom. The molecule has 5 nitrogen and oxygen atoms in total. The summed E-state index contributed by atoms with van der Waals surface area (Å²) in [6.45, 7) is 3.71. The maximum Gasteiger partial charge on any atom is 0.210 e. The van der Waals surface area contributed by atoms with E-state index in [4.69, 9.17) is 0 Å². The predicted octanol–water partition coefficient (Wildman–Crippen LogP) is 1.11. The Labute approximate surface area is 77.9 Å². The Morgan fingerprint density at radius 2 is 1.92 bits per heavy atom. The molecule has 0 bridgehead atoms. The topological polar surface area (TPSA) is 53.9 Å². The van der Waals surface area contributed by atoms with Crippen LogP contribution >= 0.6 is 0 Å². The smallest absolute Gasteiger partial charge is 0.210 e. The molecule has 0 unspecified atom stereocenters. The maximum absolute atomic E-state index is 4.30. The summed E-state index contributed by atoms with van der Waals surface area (Å²) in [6, 6.07) is 0. The molecule has 72 valence electrons. The van der Waals surface area contributed by atoms with Gasteiger partial charge in [-0.1, -0.05) is 6.58 Å². The van der Waals surface area contributed by atoms with Gasteiger partial charge in [-0.3, -0.25) is 4.57 Å². The first kappa shape index (κ1) is 9.44. The highest BCUT2D eigenvalue weighted by molar-refractivity contribution is 5.68. The van der Waals surface area contributed by atoms with E-state index < -0.39 is 0 Å². The lowest BCUT2D eigenvalue weighted by Gasteiger charge is -2.05. The SMILES string of the molecule is C=Cn1c(NC)nc(NC)c1NC. The van der Waals surface area contributed by atoms with Crippen LogP contribution in [0.3, 0.4) is 0 Å². The molecule has 0 atom stereocenters. The van der Waals surface area contributed by atoms with E-state index >= 15 is 0 Å². The Morgan fingerprint density at radius 3 is 2.31 bits per heavy atom. The molecule has 1 aromatic heterocycles. The fourth-order valence-corrected chi connectivity index (χ4v) is 1.20. The summed E-state index contributed by atoms with van der Waals surface area (Å²) in [5.41, 5.74) is 0. The molecule has 5 heteroatoms. The van der Waals surface area contributed by atoms with E-state index in [9.17, 15) is 0 Å². The van der Waals surface area contributed by atoms with Crippen LogP contribution in [0, 0.1) is 0 Å². The lowest BCUT2D eigenvalue weighted by Crippen LogP contribution is -2.01. The van der Waals surface area contributed by atoms with Crippen LogP contribution in [0.25, 0.3) is 6.20 Å². The zero-order chi connectivity index (χ0) is 9.84. The molecule has 13 heavy (non-hydrogen) atoms. The van der Waals surface area contributed by atoms with Crippen molar-refractivity contribution in [3.05, 3.63) is 6.58 Å². The van der Waals surface area contributed by atoms with E-state index in [-0.39, 0.29) is 0 Å². The lowest BCUT2D eigenvalue weighted by molar-refractivity contribution is 1.12. The van der Waals surface area contributed by atoms with Crippen LogP contribution in [0.5, 0.6) is 0 Å². The van der Waals surface area contributed by atoms with Gasteiger partial charge in [0.2, 0.25) is 5.95 Å². The van der Waals surface area contributed by atoms with Crippen molar-refractivity contribution in [2.24, 2.45) is 0 Å². The minimum Gasteiger partial charge on any atom is -0.371 e. The summed E-state index contributed by atoms with van der Waals surface area (Å²) in [7, 11) is 5.49. The molecule has 1 aromatic rings. The zero-order valence-electron chi connectivity index (χ0n) is 8.18. The second kappa shape index (κ2) is 3.84. The van der Waals surface area contributed by atoms with Gasteiger partial charge < -0.3 is 16.0 Å². The second-order valence-electron chi connectivity index (χ2n) is 2.44. The van der Waals surface area contributed by atoms with Gasteiger partial charge in [0, 0.05) is 27.3 Å². The van der Waals surface area contributed by atoms with Gasteiger partial charge in [-0.2, -0.15) is 4.98 Å². The van der Waals surface area contributed by atoms with Crippen LogP contribution in [-0.2, 0) is 0 Å². The summed E-state index contributed by atoms with van der Waals surface area (Å²) in [4.78, 5) is 4.30. The number of hydrogen-bond acceptors (Lipinski definition) is 4. The van der Waals surface area contributed by atoms with Crippen LogP contribution in [0.1, 0.15) is 0 Å². The van der Waals surface area contributed by atoms with Crippen molar-refractivity contribution in [2.45, 2.75) is 0 Å². The number of aromatic nitrogens is 2. The van der Waals surface area contributed by atoms with E-state index in [0.717, 1.165) is 17.6 Å². The fraction of sp³-hybridized carbons (Fsp3) is 0.375. The first-order chi connectivity index (χ1) is 6.28. The molecule has 3 N–H and O–H groups in total. The fourth-order valence-electron chi connectivity index (χ4n) is 1.20. The van der Waals surface area contributed by atoms with E-state index in [1.165, 1.54) is 0 Å². The number of anilines is 3. The average molecular weight is 181 g/mol. The summed E-state index contributed by atoms with van der Waals surface area (Å²) >= 11 is 0. The molecule has 0 aromatic carbocycles. The molecule has 0 saturated carbocycles. The molecule has 0 spiro atoms. The van der Waals surface area contributed by atoms with E-state index in [1.54, 1.807) is 6.20 Å². The van der Waals surface area contributed by atoms with Crippen LogP contribution in [0.15, 0.2) is 6.58 Å². The summed E-state index contributed by atoms with van der Waals surface area (Å²) in [5.74, 6) is 2.44. The molecule has 1 rings (SSSR count). The number of nitrogens with zero attached hydrogens (tertiary/aromatic N) is 2. The number of rotatable bonds is 4. The highest BCUT2D eigenvalue weighted by atomic mass is 15.3. The molecule has 0 radical (unpaired) electrons. The molecule has 0 saturated heterocycles. The first-order valence-electron chi connectivity index (χ1n) is 4.06. The van der Waals surface area contributed by atoms with Crippen molar-refractivity contribution in [3.63, 3.8) is 0 Å². The van der Waals surface area contributed by atoms with Gasteiger partial charge in [0.25, 0.3) is 0 Å². The van der Waals surface area contributed by atoms with Gasteiger partial charge in [-0.25, -0.2) is 0 Å². The summed E-state index contributed by atoms with van der Waals surface area (Å²) in [6.07, 6.45) is 1.70. The largest absolute Gasteiger partial charge is 0.371 e. The van der Waals surface area contributed by atoms with Gasteiger partial charge in [-0.15, -0.1) is 0 Å². The number of hydrogen-bond donors (Lipinski definition) is 3. The van der Waals surface area contributed by atoms with Crippen molar-refractivity contribution in [1.29, 1.82) is 0 Å². The highest BCUT2D eigenvalue weighted by Gasteiger charge is 2.11. The normalized spacial score (nSPS) is 9.46. The molecule has 0 aliphatic rings. The van der Waals surface area contributed by atoms with Gasteiger partial charge in [0.15, 0.2) is 11.6 Å². The van der Waals surface area contributed by atoms with E-state index in [2.05, 4.69) is 27.5 Å². The minimum absolute atomic E-state index is 0.753. The highest BCUT2D eigenvalue weighted by Crippen LogP contribution is 2.25. The third-order valence-corrected chi connectivity index (χ3v) is 1.79. The molecule has 0 amide bonds. The van der Waals surface area contributed by atoms with Crippen molar-refractivity contribution >= 4 is 23.8 Å². The van der Waals surface area contributed by atoms with Gasteiger partial charge in [0.05, 0.1) is 0 Å². The molecule has 0 aliphatic carbocycles. The Kier molecular flexibility index (Phi) is 2.79. The zero-order valence-corrected chi connectivity index (χ0v) is 8.18. The molecule has 1 heterocycles. The van der Waals surface area contributed by atoms with Crippen LogP contribution < -0.4 is 16.0 Å². The molecular formula is C8H15N5. The summed E-state index contributed by atoms with van der Waals surface area (Å²) < 4.78 is 1.84. The van der Waals surface area contributed by atoms with Crippen molar-refractivity contribution in [2.75, 3.05) is 37.1 Å². The lowest BCUT2D eigenvalue weighted by atomic mass is 10.6. The van der Waals surface area contributed by atoms with Gasteiger partial charge in [0.1, 0.15) is 0 Å². The molecular weight excluding hydrogens is 166 g/mol. The molecule has 0 fully saturated rings. The average Bonchev–Trinajstić information content (AvgIpc) is 2.54. The van der Waals surface area contributed by atoms with Crippen LogP contribution in [-0.4, -0.2) is 30.7 Å². The van der Waals surface area contributed by atoms with Crippen molar-refractivity contribution in [1.82, 2.24) is 9.55 Å². The van der Waals surface area contributed by atoms with Crippen LogP contribution in [0.2, 0.25) is 0 Å². The third-order valence-electron chi connectivity index (χ3n) is 1.79. The van der Waals surface area contributed by atoms with Gasteiger partial charge in [-0.05, 0) is 0 Å². The third kappa shape index (κ3) is 1.44. The summed E-state index contributed by atoms with van der Waals surface area (Å²) in [5, 5.41) is 9.02. The van der Waals surface area contributed by atoms with Gasteiger partial charge >= 0.3 is 0 Å². The standard InChI is InChI=1S/C8H15N5/c1-5-13-7(10-3)6(9-2)12-8(13)11-4/h5,9-10H,1H2,2-4H3,(H,11,12). The Balaban J connectivity index is 3.25. The monoisotopic (exact) mass is 181 g/mol. The quantitative estimate of drug-likeness (QED) is 0.651. The Hall–Kier alpha value is -1.65. The minimum atomic E-state index is 0.753. The van der Waals surface area contributed by atoms with Crippen molar-refractivity contribution < 1.29 is 0 Å². The first-order valence-corrected chi connectivity index (χ1v) is 4.06. The number of imidazole rings is 1. The molecule has 0 aliphatic heterocycles. The second-order valence-corrected chi connectivity index (χ2v) is 2.44.